The number of halogens is 5. The molecule has 2 N–H and O–H groups in total. The zero-order valence-corrected chi connectivity index (χ0v) is 11.3. The number of anilines is 1. The molecule has 6 nitrogen and oxygen atoms in total. The van der Waals surface area contributed by atoms with E-state index in [4.69, 9.17) is 0 Å². The van der Waals surface area contributed by atoms with E-state index in [2.05, 4.69) is 9.99 Å². The molecule has 0 aromatic heterocycles. The summed E-state index contributed by atoms with van der Waals surface area (Å²) in [6.07, 6.45) is -4.03. The second-order valence-corrected chi connectivity index (χ2v) is 4.01. The van der Waals surface area contributed by atoms with Crippen LogP contribution in [0.4, 0.5) is 27.6 Å². The van der Waals surface area contributed by atoms with Crippen molar-refractivity contribution in [2.75, 3.05) is 18.5 Å². The lowest BCUT2D eigenvalue weighted by Crippen LogP contribution is -2.35. The molecule has 0 radical (unpaired) electrons. The van der Waals surface area contributed by atoms with E-state index in [1.807, 2.05) is 5.32 Å². The molecule has 11 heteroatoms. The van der Waals surface area contributed by atoms with Gasteiger partial charge in [-0.25, -0.2) is 8.78 Å². The molecule has 0 unspecified atom stereocenters. The Labute approximate surface area is 126 Å². The number of carbonyl (C=O) groups is 2. The number of hydrogen-bond acceptors (Lipinski definition) is 4. The number of hydrogen-bond donors (Lipinski definition) is 2. The van der Waals surface area contributed by atoms with Crippen molar-refractivity contribution in [1.29, 1.82) is 0 Å². The van der Waals surface area contributed by atoms with Crippen LogP contribution in [0.15, 0.2) is 23.4 Å². The van der Waals surface area contributed by atoms with Crippen LogP contribution in [0.2, 0.25) is 0 Å². The highest BCUT2D eigenvalue weighted by atomic mass is 19.4. The van der Waals surface area contributed by atoms with Gasteiger partial charge in [0.1, 0.15) is 24.4 Å². The van der Waals surface area contributed by atoms with Crippen LogP contribution in [0.5, 0.6) is 0 Å². The predicted molar refractivity (Wildman–Crippen MR) is 68.5 cm³/mol. The van der Waals surface area contributed by atoms with Gasteiger partial charge in [-0.1, -0.05) is 5.16 Å². The van der Waals surface area contributed by atoms with Crippen LogP contribution in [0.1, 0.15) is 0 Å². The van der Waals surface area contributed by atoms with Crippen molar-refractivity contribution < 1.29 is 36.4 Å². The number of nitrogens with one attached hydrogen (secondary N) is 2. The molecule has 0 saturated heterocycles. The first kappa shape index (κ1) is 18.3. The third-order valence-electron chi connectivity index (χ3n) is 2.12. The van der Waals surface area contributed by atoms with Crippen molar-refractivity contribution in [3.8, 4) is 0 Å². The third kappa shape index (κ3) is 7.74. The van der Waals surface area contributed by atoms with Gasteiger partial charge >= 0.3 is 6.18 Å². The minimum absolute atomic E-state index is 0.314. The fraction of sp³-hybridized carbons (Fsp3) is 0.250. The Kier molecular flexibility index (Phi) is 6.42. The van der Waals surface area contributed by atoms with E-state index in [9.17, 15) is 31.5 Å². The molecule has 0 bridgehead atoms. The predicted octanol–water partition coefficient (Wildman–Crippen LogP) is 1.58. The molecule has 1 rings (SSSR count). The van der Waals surface area contributed by atoms with Gasteiger partial charge in [0, 0.05) is 6.07 Å². The molecule has 0 heterocycles. The number of amides is 2. The van der Waals surface area contributed by atoms with Gasteiger partial charge in [0.2, 0.25) is 0 Å². The largest absolute Gasteiger partial charge is 0.405 e. The maximum Gasteiger partial charge on any atom is 0.405 e. The van der Waals surface area contributed by atoms with E-state index in [1.54, 1.807) is 0 Å². The Morgan fingerprint density at radius 2 is 1.96 bits per heavy atom. The van der Waals surface area contributed by atoms with Crippen LogP contribution in [0, 0.1) is 11.6 Å². The fourth-order valence-corrected chi connectivity index (χ4v) is 1.19. The molecule has 2 amide bonds. The van der Waals surface area contributed by atoms with Gasteiger partial charge in [-0.3, -0.25) is 9.59 Å². The van der Waals surface area contributed by atoms with E-state index in [-0.39, 0.29) is 5.69 Å². The average Bonchev–Trinajstić information content (AvgIpc) is 2.44. The van der Waals surface area contributed by atoms with Gasteiger partial charge in [0.25, 0.3) is 11.8 Å². The zero-order chi connectivity index (χ0) is 17.5. The highest BCUT2D eigenvalue weighted by Gasteiger charge is 2.27. The summed E-state index contributed by atoms with van der Waals surface area (Å²) in [4.78, 5) is 26.5. The summed E-state index contributed by atoms with van der Waals surface area (Å²) >= 11 is 0. The van der Waals surface area contributed by atoms with Crippen molar-refractivity contribution in [3.63, 3.8) is 0 Å². The molecule has 0 aliphatic carbocycles. The Morgan fingerprint density at radius 1 is 1.26 bits per heavy atom. The SMILES string of the molecule is O=C(C=NOCC(=O)NCC(F)(F)F)Nc1ccc(F)cc1F. The Morgan fingerprint density at radius 3 is 2.57 bits per heavy atom. The minimum Gasteiger partial charge on any atom is -0.386 e. The molecule has 0 saturated carbocycles. The third-order valence-corrected chi connectivity index (χ3v) is 2.12. The molecule has 23 heavy (non-hydrogen) atoms. The maximum atomic E-state index is 13.2. The monoisotopic (exact) mass is 339 g/mol. The van der Waals surface area contributed by atoms with Gasteiger partial charge in [-0.2, -0.15) is 13.2 Å². The summed E-state index contributed by atoms with van der Waals surface area (Å²) in [5.74, 6) is -3.89. The van der Waals surface area contributed by atoms with E-state index in [1.165, 1.54) is 5.32 Å². The molecular weight excluding hydrogens is 329 g/mol. The van der Waals surface area contributed by atoms with Crippen LogP contribution in [-0.2, 0) is 14.4 Å². The first-order valence-corrected chi connectivity index (χ1v) is 5.92. The first-order chi connectivity index (χ1) is 10.7. The summed E-state index contributed by atoms with van der Waals surface area (Å²) in [5, 5.41) is 6.55. The summed E-state index contributed by atoms with van der Waals surface area (Å²) in [6.45, 7) is -2.37. The van der Waals surface area contributed by atoms with Gasteiger partial charge in [0.05, 0.1) is 5.69 Å². The Balaban J connectivity index is 2.34. The van der Waals surface area contributed by atoms with Crippen molar-refractivity contribution >= 4 is 23.7 Å². The van der Waals surface area contributed by atoms with Gasteiger partial charge in [-0.05, 0) is 12.1 Å². The number of rotatable bonds is 6. The van der Waals surface area contributed by atoms with E-state index in [0.717, 1.165) is 12.1 Å². The summed E-state index contributed by atoms with van der Waals surface area (Å²) in [7, 11) is 0. The zero-order valence-electron chi connectivity index (χ0n) is 11.3. The Bertz CT molecular complexity index is 604. The number of oxime groups is 1. The highest BCUT2D eigenvalue weighted by molar-refractivity contribution is 6.31. The molecular formula is C12H10F5N3O3. The smallest absolute Gasteiger partial charge is 0.386 e. The maximum absolute atomic E-state index is 13.2. The topological polar surface area (TPSA) is 79.8 Å². The van der Waals surface area contributed by atoms with Crippen molar-refractivity contribution in [2.45, 2.75) is 6.18 Å². The molecule has 1 aromatic rings. The van der Waals surface area contributed by atoms with Crippen LogP contribution < -0.4 is 10.6 Å². The lowest BCUT2D eigenvalue weighted by atomic mass is 10.3. The van der Waals surface area contributed by atoms with E-state index >= 15 is 0 Å². The molecule has 0 aliphatic rings. The van der Waals surface area contributed by atoms with Crippen molar-refractivity contribution in [1.82, 2.24) is 5.32 Å². The number of benzene rings is 1. The van der Waals surface area contributed by atoms with E-state index < -0.39 is 42.8 Å². The number of nitrogens with zero attached hydrogens (tertiary/aromatic N) is 1. The van der Waals surface area contributed by atoms with Crippen molar-refractivity contribution in [2.24, 2.45) is 5.16 Å². The lowest BCUT2D eigenvalue weighted by Gasteiger charge is -2.07. The van der Waals surface area contributed by atoms with Crippen LogP contribution in [0.3, 0.4) is 0 Å². The average molecular weight is 339 g/mol. The summed E-state index contributed by atoms with van der Waals surface area (Å²) in [6, 6.07) is 2.44. The van der Waals surface area contributed by atoms with Gasteiger partial charge in [-0.15, -0.1) is 0 Å². The van der Waals surface area contributed by atoms with Gasteiger partial charge in [0.15, 0.2) is 6.61 Å². The number of carbonyl (C=O) groups excluding carboxylic acids is 2. The second-order valence-electron chi connectivity index (χ2n) is 4.01. The van der Waals surface area contributed by atoms with Crippen molar-refractivity contribution in [3.05, 3.63) is 29.8 Å². The Hall–Kier alpha value is -2.72. The normalized spacial score (nSPS) is 11.3. The summed E-state index contributed by atoms with van der Waals surface area (Å²) < 4.78 is 61.2. The molecule has 126 valence electrons. The van der Waals surface area contributed by atoms with Crippen LogP contribution in [0.25, 0.3) is 0 Å². The molecule has 0 fully saturated rings. The number of alkyl halides is 3. The van der Waals surface area contributed by atoms with Crippen LogP contribution >= 0.6 is 0 Å². The highest BCUT2D eigenvalue weighted by Crippen LogP contribution is 2.14. The fourth-order valence-electron chi connectivity index (χ4n) is 1.19. The van der Waals surface area contributed by atoms with E-state index in [0.29, 0.717) is 12.3 Å². The lowest BCUT2D eigenvalue weighted by molar-refractivity contribution is -0.141. The molecule has 0 aliphatic heterocycles. The van der Waals surface area contributed by atoms with Crippen LogP contribution in [-0.4, -0.2) is 37.4 Å². The first-order valence-electron chi connectivity index (χ1n) is 5.92. The minimum atomic E-state index is -4.56. The standard InChI is InChI=1S/C12H10F5N3O3/c13-7-1-2-9(8(14)3-7)20-10(21)4-19-23-5-11(22)18-6-12(15,16)17/h1-4H,5-6H2,(H,18,22)(H,20,21). The summed E-state index contributed by atoms with van der Waals surface area (Å²) in [5.41, 5.74) is -0.314. The molecule has 0 spiro atoms. The van der Waals surface area contributed by atoms with Gasteiger partial charge < -0.3 is 15.5 Å². The molecule has 0 atom stereocenters. The quantitative estimate of drug-likeness (QED) is 0.469. The molecule has 1 aromatic carbocycles. The second kappa shape index (κ2) is 8.06.